The number of esters is 2. The largest absolute Gasteiger partial charge is 0.465 e. The monoisotopic (exact) mass is 380 g/mol. The predicted octanol–water partition coefficient (Wildman–Crippen LogP) is 0.544. The third-order valence-electron chi connectivity index (χ3n) is 7.76. The Bertz CT molecular complexity index is 759. The third kappa shape index (κ3) is 1.87. The van der Waals surface area contributed by atoms with Crippen LogP contribution in [-0.4, -0.2) is 66.6 Å². The van der Waals surface area contributed by atoms with Gasteiger partial charge in [-0.3, -0.25) is 14.4 Å². The Morgan fingerprint density at radius 2 is 1.85 bits per heavy atom. The third-order valence-corrected chi connectivity index (χ3v) is 7.76. The molecule has 8 atom stereocenters. The Morgan fingerprint density at radius 3 is 2.44 bits per heavy atom. The van der Waals surface area contributed by atoms with Gasteiger partial charge in [0.05, 0.1) is 23.7 Å². The molecule has 148 valence electrons. The van der Waals surface area contributed by atoms with Crippen LogP contribution in [0.2, 0.25) is 0 Å². The maximum absolute atomic E-state index is 13.2. The molecule has 2 saturated carbocycles. The summed E-state index contributed by atoms with van der Waals surface area (Å²) in [5.74, 6) is -1.21. The Morgan fingerprint density at radius 1 is 1.15 bits per heavy atom. The maximum Gasteiger partial charge on any atom is 0.303 e. The summed E-state index contributed by atoms with van der Waals surface area (Å²) in [6.07, 6.45) is -1.03. The minimum Gasteiger partial charge on any atom is -0.465 e. The van der Waals surface area contributed by atoms with Crippen LogP contribution in [0.15, 0.2) is 0 Å². The molecule has 3 heterocycles. The van der Waals surface area contributed by atoms with Gasteiger partial charge in [0.1, 0.15) is 18.3 Å². The van der Waals surface area contributed by atoms with Crippen molar-refractivity contribution < 1.29 is 38.1 Å². The van der Waals surface area contributed by atoms with Gasteiger partial charge in [-0.05, 0) is 19.8 Å². The molecule has 3 saturated heterocycles. The van der Waals surface area contributed by atoms with Gasteiger partial charge >= 0.3 is 11.9 Å². The summed E-state index contributed by atoms with van der Waals surface area (Å²) >= 11 is 0. The molecule has 3 aliphatic heterocycles. The van der Waals surface area contributed by atoms with Gasteiger partial charge in [-0.1, -0.05) is 6.92 Å². The number of hydrogen-bond donors (Lipinski definition) is 0. The van der Waals surface area contributed by atoms with Gasteiger partial charge in [0.15, 0.2) is 12.2 Å². The van der Waals surface area contributed by atoms with Crippen LogP contribution in [0.25, 0.3) is 0 Å². The molecule has 5 rings (SSSR count). The minimum absolute atomic E-state index is 0.0717. The molecule has 0 N–H and O–H groups in total. The van der Waals surface area contributed by atoms with Crippen LogP contribution in [-0.2, 0) is 38.1 Å². The lowest BCUT2D eigenvalue weighted by atomic mass is 9.50. The first-order valence-electron chi connectivity index (χ1n) is 9.43. The van der Waals surface area contributed by atoms with Crippen LogP contribution in [0, 0.1) is 10.8 Å². The van der Waals surface area contributed by atoms with Crippen LogP contribution >= 0.6 is 0 Å². The smallest absolute Gasteiger partial charge is 0.303 e. The zero-order valence-electron chi connectivity index (χ0n) is 15.9. The standard InChI is InChI=1S/C19H24O8/c1-9(20)23-7-18-6-5-16(3)14(27-16)15(18)26-13-11(22)12(25-10(2)21)17(18,4)19(13)8-24-19/h12-15H,5-8H2,1-4H3/t12-,13?,14?,15?,16-,17-,18-,19?/m1/s1. The van der Waals surface area contributed by atoms with Crippen molar-refractivity contribution in [3.05, 3.63) is 0 Å². The van der Waals surface area contributed by atoms with Crippen molar-refractivity contribution in [3.63, 3.8) is 0 Å². The maximum atomic E-state index is 13.2. The first-order valence-corrected chi connectivity index (χ1v) is 9.43. The van der Waals surface area contributed by atoms with E-state index in [0.717, 1.165) is 6.42 Å². The van der Waals surface area contributed by atoms with E-state index in [-0.39, 0.29) is 24.1 Å². The molecule has 0 aromatic rings. The zero-order chi connectivity index (χ0) is 19.4. The molecular weight excluding hydrogens is 356 g/mol. The van der Waals surface area contributed by atoms with Crippen molar-refractivity contribution >= 4 is 17.7 Å². The van der Waals surface area contributed by atoms with Crippen molar-refractivity contribution in [2.24, 2.45) is 10.8 Å². The number of ether oxygens (including phenoxy) is 5. The fourth-order valence-corrected chi connectivity index (χ4v) is 6.06. The molecule has 0 radical (unpaired) electrons. The van der Waals surface area contributed by atoms with Gasteiger partial charge in [-0.15, -0.1) is 0 Å². The normalized spacial score (nSPS) is 54.1. The first kappa shape index (κ1) is 17.6. The number of epoxide rings is 2. The van der Waals surface area contributed by atoms with Gasteiger partial charge in [0, 0.05) is 19.3 Å². The van der Waals surface area contributed by atoms with Crippen LogP contribution in [0.1, 0.15) is 40.5 Å². The van der Waals surface area contributed by atoms with Gasteiger partial charge in [-0.2, -0.15) is 0 Å². The van der Waals surface area contributed by atoms with E-state index in [9.17, 15) is 14.4 Å². The number of fused-ring (bicyclic) bond motifs is 4. The Labute approximate surface area is 156 Å². The molecule has 27 heavy (non-hydrogen) atoms. The van der Waals surface area contributed by atoms with E-state index in [1.165, 1.54) is 13.8 Å². The van der Waals surface area contributed by atoms with Gasteiger partial charge in [-0.25, -0.2) is 0 Å². The van der Waals surface area contributed by atoms with Crippen LogP contribution in [0.4, 0.5) is 0 Å². The second kappa shape index (κ2) is 4.90. The molecule has 0 aromatic heterocycles. The molecule has 2 aliphatic carbocycles. The molecule has 8 nitrogen and oxygen atoms in total. The minimum atomic E-state index is -0.994. The highest BCUT2D eigenvalue weighted by Crippen LogP contribution is 2.74. The molecule has 5 aliphatic rings. The summed E-state index contributed by atoms with van der Waals surface area (Å²) in [4.78, 5) is 36.6. The Hall–Kier alpha value is -1.51. The van der Waals surface area contributed by atoms with Gasteiger partial charge < -0.3 is 23.7 Å². The summed E-state index contributed by atoms with van der Waals surface area (Å²) in [7, 11) is 0. The SMILES string of the molecule is CC(=O)OC[C@]12CC[C@@]3(C)OC3C1OC1C(=O)[C@@H](OC(C)=O)[C@@]2(C)C12CO2. The van der Waals surface area contributed by atoms with Crippen LogP contribution in [0.5, 0.6) is 0 Å². The average Bonchev–Trinajstić information content (AvgIpc) is 3.48. The molecule has 5 fully saturated rings. The summed E-state index contributed by atoms with van der Waals surface area (Å²) in [5, 5.41) is 0. The van der Waals surface area contributed by atoms with E-state index in [1.807, 2.05) is 13.8 Å². The molecule has 4 unspecified atom stereocenters. The quantitative estimate of drug-likeness (QED) is 0.516. The number of carbonyl (C=O) groups is 3. The summed E-state index contributed by atoms with van der Waals surface area (Å²) in [5.41, 5.74) is -2.73. The van der Waals surface area contributed by atoms with E-state index >= 15 is 0 Å². The number of Topliss-reactive ketones (excluding diaryl/α,β-unsaturated/α-hetero) is 1. The molecule has 2 bridgehead atoms. The summed E-state index contributed by atoms with van der Waals surface area (Å²) in [6, 6.07) is 0. The van der Waals surface area contributed by atoms with Crippen molar-refractivity contribution in [2.45, 2.75) is 76.2 Å². The Kier molecular flexibility index (Phi) is 3.19. The van der Waals surface area contributed by atoms with Crippen LogP contribution < -0.4 is 0 Å². The van der Waals surface area contributed by atoms with Crippen molar-refractivity contribution in [3.8, 4) is 0 Å². The number of hydrogen-bond acceptors (Lipinski definition) is 8. The highest BCUT2D eigenvalue weighted by atomic mass is 16.7. The average molecular weight is 380 g/mol. The lowest BCUT2D eigenvalue weighted by Crippen LogP contribution is -2.69. The number of rotatable bonds is 3. The van der Waals surface area contributed by atoms with Gasteiger partial charge in [0.25, 0.3) is 0 Å². The summed E-state index contributed by atoms with van der Waals surface area (Å²) in [6.45, 7) is 7.03. The molecular formula is C19H24O8. The van der Waals surface area contributed by atoms with Crippen LogP contribution in [0.3, 0.4) is 0 Å². The predicted molar refractivity (Wildman–Crippen MR) is 87.6 cm³/mol. The van der Waals surface area contributed by atoms with E-state index in [4.69, 9.17) is 23.7 Å². The second-order valence-corrected chi connectivity index (χ2v) is 9.00. The van der Waals surface area contributed by atoms with Crippen molar-refractivity contribution in [2.75, 3.05) is 13.2 Å². The highest BCUT2D eigenvalue weighted by Gasteiger charge is 2.89. The van der Waals surface area contributed by atoms with E-state index in [1.54, 1.807) is 0 Å². The molecule has 0 aromatic carbocycles. The highest BCUT2D eigenvalue weighted by molar-refractivity contribution is 5.96. The fourth-order valence-electron chi connectivity index (χ4n) is 6.06. The van der Waals surface area contributed by atoms with E-state index in [2.05, 4.69) is 0 Å². The molecule has 8 heteroatoms. The van der Waals surface area contributed by atoms with Crippen molar-refractivity contribution in [1.82, 2.24) is 0 Å². The zero-order valence-corrected chi connectivity index (χ0v) is 15.9. The molecule has 1 spiro atoms. The lowest BCUT2D eigenvalue weighted by molar-refractivity contribution is -0.251. The van der Waals surface area contributed by atoms with E-state index < -0.39 is 46.7 Å². The van der Waals surface area contributed by atoms with Crippen molar-refractivity contribution in [1.29, 1.82) is 0 Å². The number of carbonyl (C=O) groups excluding carboxylic acids is 3. The topological polar surface area (TPSA) is 104 Å². The molecule has 0 amide bonds. The summed E-state index contributed by atoms with van der Waals surface area (Å²) < 4.78 is 29.1. The first-order chi connectivity index (χ1) is 12.6. The van der Waals surface area contributed by atoms with E-state index in [0.29, 0.717) is 13.0 Å². The fraction of sp³-hybridized carbons (Fsp3) is 0.842. The number of ketones is 1. The van der Waals surface area contributed by atoms with Gasteiger partial charge in [0.2, 0.25) is 5.78 Å². The lowest BCUT2D eigenvalue weighted by Gasteiger charge is -2.58. The Balaban J connectivity index is 1.66. The second-order valence-electron chi connectivity index (χ2n) is 9.00.